The highest BCUT2D eigenvalue weighted by atomic mass is 16.2. The van der Waals surface area contributed by atoms with Gasteiger partial charge in [-0.1, -0.05) is 50.2 Å². The monoisotopic (exact) mass is 447 g/mol. The van der Waals surface area contributed by atoms with Crippen LogP contribution in [0.2, 0.25) is 0 Å². The summed E-state index contributed by atoms with van der Waals surface area (Å²) in [6, 6.07) is 11.7. The van der Waals surface area contributed by atoms with Gasteiger partial charge in [-0.3, -0.25) is 24.1 Å². The summed E-state index contributed by atoms with van der Waals surface area (Å²) in [4.78, 5) is 52.8. The molecule has 2 aliphatic rings. The number of nitrogens with one attached hydrogen (secondary N) is 2. The largest absolute Gasteiger partial charge is 0.356 e. The second-order valence-corrected chi connectivity index (χ2v) is 9.12. The maximum absolute atomic E-state index is 13.1. The molecule has 2 aromatic carbocycles. The molecule has 33 heavy (non-hydrogen) atoms. The number of anilines is 1. The molecular weight excluding hydrogens is 418 g/mol. The van der Waals surface area contributed by atoms with E-state index >= 15 is 0 Å². The number of hydrogen-bond donors (Lipinski definition) is 2. The number of likely N-dealkylation sites (tertiary alicyclic amines) is 1. The van der Waals surface area contributed by atoms with Gasteiger partial charge in [0.15, 0.2) is 11.6 Å². The van der Waals surface area contributed by atoms with Crippen molar-refractivity contribution in [2.75, 3.05) is 31.5 Å². The van der Waals surface area contributed by atoms with Gasteiger partial charge in [-0.15, -0.1) is 0 Å². The first-order valence-electron chi connectivity index (χ1n) is 11.5. The molecule has 1 saturated heterocycles. The highest BCUT2D eigenvalue weighted by Gasteiger charge is 2.32. The fraction of sp³-hybridized carbons (Fsp3) is 0.385. The Morgan fingerprint density at radius 1 is 1.00 bits per heavy atom. The molecule has 2 aromatic rings. The normalized spacial score (nSPS) is 18.0. The molecule has 1 fully saturated rings. The summed E-state index contributed by atoms with van der Waals surface area (Å²) >= 11 is 0. The molecule has 2 N–H and O–H groups in total. The van der Waals surface area contributed by atoms with E-state index in [-0.39, 0.29) is 41.4 Å². The Hall–Kier alpha value is -3.32. The second-order valence-electron chi connectivity index (χ2n) is 9.12. The molecule has 7 heteroatoms. The van der Waals surface area contributed by atoms with E-state index in [9.17, 15) is 19.2 Å². The fourth-order valence-electron chi connectivity index (χ4n) is 4.55. The summed E-state index contributed by atoms with van der Waals surface area (Å²) in [5, 5.41) is 5.84. The molecule has 1 atom stereocenters. The topological polar surface area (TPSA) is 95.6 Å². The SMILES string of the molecule is CC(C)C(=O)NCC1CCCN(CC(=O)Nc2cccc3c2C(=O)c2ccccc2C3=O)C1. The first-order chi connectivity index (χ1) is 15.8. The van der Waals surface area contributed by atoms with Crippen molar-refractivity contribution in [2.24, 2.45) is 11.8 Å². The van der Waals surface area contributed by atoms with E-state index in [1.165, 1.54) is 0 Å². The van der Waals surface area contributed by atoms with Gasteiger partial charge in [0.25, 0.3) is 0 Å². The molecule has 1 aliphatic carbocycles. The van der Waals surface area contributed by atoms with Gasteiger partial charge >= 0.3 is 0 Å². The van der Waals surface area contributed by atoms with Crippen LogP contribution in [0, 0.1) is 11.8 Å². The number of ketones is 2. The van der Waals surface area contributed by atoms with Crippen molar-refractivity contribution in [1.82, 2.24) is 10.2 Å². The number of benzene rings is 2. The third-order valence-electron chi connectivity index (χ3n) is 6.29. The maximum atomic E-state index is 13.1. The predicted octanol–water partition coefficient (Wildman–Crippen LogP) is 2.88. The van der Waals surface area contributed by atoms with Crippen LogP contribution in [0.1, 0.15) is 58.5 Å². The van der Waals surface area contributed by atoms with Crippen molar-refractivity contribution < 1.29 is 19.2 Å². The van der Waals surface area contributed by atoms with E-state index < -0.39 is 0 Å². The van der Waals surface area contributed by atoms with Crippen LogP contribution in [0.4, 0.5) is 5.69 Å². The zero-order chi connectivity index (χ0) is 23.5. The van der Waals surface area contributed by atoms with Crippen molar-refractivity contribution in [3.63, 3.8) is 0 Å². The zero-order valence-electron chi connectivity index (χ0n) is 19.0. The molecule has 2 amide bonds. The number of fused-ring (bicyclic) bond motifs is 2. The average Bonchev–Trinajstić information content (AvgIpc) is 2.81. The van der Waals surface area contributed by atoms with Crippen molar-refractivity contribution >= 4 is 29.1 Å². The van der Waals surface area contributed by atoms with Gasteiger partial charge in [0, 0.05) is 35.7 Å². The lowest BCUT2D eigenvalue weighted by Crippen LogP contribution is -2.44. The molecule has 0 spiro atoms. The molecule has 0 radical (unpaired) electrons. The molecular formula is C26H29N3O4. The lowest BCUT2D eigenvalue weighted by atomic mass is 9.83. The van der Waals surface area contributed by atoms with Crippen LogP contribution < -0.4 is 10.6 Å². The summed E-state index contributed by atoms with van der Waals surface area (Å²) < 4.78 is 0. The highest BCUT2D eigenvalue weighted by Crippen LogP contribution is 2.32. The Bertz CT molecular complexity index is 1110. The highest BCUT2D eigenvalue weighted by molar-refractivity contribution is 6.30. The maximum Gasteiger partial charge on any atom is 0.238 e. The van der Waals surface area contributed by atoms with Crippen molar-refractivity contribution in [2.45, 2.75) is 26.7 Å². The van der Waals surface area contributed by atoms with Gasteiger partial charge in [0.05, 0.1) is 17.8 Å². The number of nitrogens with zero attached hydrogens (tertiary/aromatic N) is 1. The van der Waals surface area contributed by atoms with Crippen LogP contribution in [0.15, 0.2) is 42.5 Å². The fourth-order valence-corrected chi connectivity index (χ4v) is 4.55. The number of carbonyl (C=O) groups is 4. The lowest BCUT2D eigenvalue weighted by Gasteiger charge is -2.32. The predicted molar refractivity (Wildman–Crippen MR) is 125 cm³/mol. The Balaban J connectivity index is 1.42. The zero-order valence-corrected chi connectivity index (χ0v) is 19.0. The molecule has 4 rings (SSSR count). The minimum Gasteiger partial charge on any atom is -0.356 e. The standard InChI is InChI=1S/C26H29N3O4/c1-16(2)26(33)27-13-17-7-6-12-29(14-17)15-22(30)28-21-11-5-10-20-23(21)25(32)19-9-4-3-8-18(19)24(20)31/h3-5,8-11,16-17H,6-7,12-15H2,1-2H3,(H,27,33)(H,28,30). The van der Waals surface area contributed by atoms with Gasteiger partial charge in [-0.05, 0) is 31.4 Å². The molecule has 0 bridgehead atoms. The number of carbonyl (C=O) groups excluding carboxylic acids is 4. The van der Waals surface area contributed by atoms with Crippen molar-refractivity contribution in [3.05, 3.63) is 64.7 Å². The number of rotatable bonds is 6. The van der Waals surface area contributed by atoms with Crippen LogP contribution in [0.5, 0.6) is 0 Å². The lowest BCUT2D eigenvalue weighted by molar-refractivity contribution is -0.124. The Labute approximate surface area is 193 Å². The summed E-state index contributed by atoms with van der Waals surface area (Å²) in [6.45, 7) is 6.07. The number of hydrogen-bond acceptors (Lipinski definition) is 5. The van der Waals surface area contributed by atoms with Crippen LogP contribution in [0.25, 0.3) is 0 Å². The summed E-state index contributed by atoms with van der Waals surface area (Å²) in [5.41, 5.74) is 1.68. The third-order valence-corrected chi connectivity index (χ3v) is 6.29. The smallest absolute Gasteiger partial charge is 0.238 e. The van der Waals surface area contributed by atoms with Crippen molar-refractivity contribution in [3.8, 4) is 0 Å². The first-order valence-corrected chi connectivity index (χ1v) is 11.5. The molecule has 172 valence electrons. The second kappa shape index (κ2) is 9.67. The Kier molecular flexibility index (Phi) is 6.70. The van der Waals surface area contributed by atoms with Crippen molar-refractivity contribution in [1.29, 1.82) is 0 Å². The molecule has 7 nitrogen and oxygen atoms in total. The third kappa shape index (κ3) is 4.88. The average molecular weight is 448 g/mol. The Morgan fingerprint density at radius 2 is 1.70 bits per heavy atom. The van der Waals surface area contributed by atoms with Crippen LogP contribution in [-0.4, -0.2) is 54.5 Å². The van der Waals surface area contributed by atoms with E-state index in [1.54, 1.807) is 42.5 Å². The van der Waals surface area contributed by atoms with Gasteiger partial charge < -0.3 is 10.6 Å². The van der Waals surface area contributed by atoms with Crippen LogP contribution in [-0.2, 0) is 9.59 Å². The quantitative estimate of drug-likeness (QED) is 0.606. The molecule has 1 aliphatic heterocycles. The van der Waals surface area contributed by atoms with Gasteiger partial charge in [0.1, 0.15) is 0 Å². The van der Waals surface area contributed by atoms with Crippen LogP contribution in [0.3, 0.4) is 0 Å². The van der Waals surface area contributed by atoms with Gasteiger partial charge in [0.2, 0.25) is 11.8 Å². The van der Waals surface area contributed by atoms with E-state index in [0.717, 1.165) is 25.9 Å². The molecule has 1 heterocycles. The summed E-state index contributed by atoms with van der Waals surface area (Å²) in [7, 11) is 0. The molecule has 0 aromatic heterocycles. The van der Waals surface area contributed by atoms with E-state index in [4.69, 9.17) is 0 Å². The minimum atomic E-state index is -0.255. The minimum absolute atomic E-state index is 0.0412. The van der Waals surface area contributed by atoms with E-state index in [0.29, 0.717) is 34.8 Å². The summed E-state index contributed by atoms with van der Waals surface area (Å²) in [6.07, 6.45) is 1.97. The van der Waals surface area contributed by atoms with Gasteiger partial charge in [-0.25, -0.2) is 0 Å². The summed E-state index contributed by atoms with van der Waals surface area (Å²) in [5.74, 6) is -0.397. The molecule has 0 saturated carbocycles. The number of piperidine rings is 1. The first kappa shape index (κ1) is 22.9. The van der Waals surface area contributed by atoms with Gasteiger partial charge in [-0.2, -0.15) is 0 Å². The Morgan fingerprint density at radius 3 is 2.42 bits per heavy atom. The number of amides is 2. The molecule has 1 unspecified atom stereocenters. The van der Waals surface area contributed by atoms with E-state index in [2.05, 4.69) is 15.5 Å². The van der Waals surface area contributed by atoms with Crippen LogP contribution >= 0.6 is 0 Å². The van der Waals surface area contributed by atoms with E-state index in [1.807, 2.05) is 13.8 Å².